The number of carboxylic acid groups (broad SMARTS) is 1. The molecule has 18 heavy (non-hydrogen) atoms. The van der Waals surface area contributed by atoms with Crippen LogP contribution in [-0.2, 0) is 4.79 Å². The molecule has 100 valence electrons. The fourth-order valence-corrected chi connectivity index (χ4v) is 1.21. The topological polar surface area (TPSA) is 92.8 Å². The van der Waals surface area contributed by atoms with Gasteiger partial charge in [-0.3, -0.25) is 4.79 Å². The lowest BCUT2D eigenvalue weighted by Gasteiger charge is -2.15. The second kappa shape index (κ2) is 5.23. The lowest BCUT2D eigenvalue weighted by Crippen LogP contribution is -2.36. The molecule has 0 aliphatic rings. The molecule has 1 rings (SSSR count). The predicted octanol–water partition coefficient (Wildman–Crippen LogP) is 1.03. The molecule has 0 fully saturated rings. The van der Waals surface area contributed by atoms with Gasteiger partial charge in [0.1, 0.15) is 17.9 Å². The van der Waals surface area contributed by atoms with Gasteiger partial charge in [0.15, 0.2) is 0 Å². The molecular formula is C10H10F3NO4. The first kappa shape index (κ1) is 14.3. The van der Waals surface area contributed by atoms with Crippen molar-refractivity contribution in [1.29, 1.82) is 0 Å². The average Bonchev–Trinajstić information content (AvgIpc) is 2.26. The van der Waals surface area contributed by atoms with Gasteiger partial charge < -0.3 is 20.7 Å². The molecule has 1 aromatic carbocycles. The molecule has 5 nitrogen and oxygen atoms in total. The van der Waals surface area contributed by atoms with Crippen molar-refractivity contribution in [3.8, 4) is 5.75 Å². The monoisotopic (exact) mass is 265 g/mol. The number of hydrogen-bond acceptors (Lipinski definition) is 4. The van der Waals surface area contributed by atoms with Crippen molar-refractivity contribution < 1.29 is 32.9 Å². The molecule has 2 atom stereocenters. The number of carboxylic acids is 1. The Morgan fingerprint density at radius 1 is 1.28 bits per heavy atom. The van der Waals surface area contributed by atoms with E-state index in [0.29, 0.717) is 0 Å². The van der Waals surface area contributed by atoms with E-state index in [9.17, 15) is 23.1 Å². The van der Waals surface area contributed by atoms with Crippen LogP contribution >= 0.6 is 0 Å². The van der Waals surface area contributed by atoms with Crippen LogP contribution in [0.1, 0.15) is 11.7 Å². The number of ether oxygens (including phenoxy) is 1. The van der Waals surface area contributed by atoms with Gasteiger partial charge in [-0.05, 0) is 17.7 Å². The minimum absolute atomic E-state index is 0.0828. The Labute approximate surface area is 99.6 Å². The first-order valence-corrected chi connectivity index (χ1v) is 4.73. The summed E-state index contributed by atoms with van der Waals surface area (Å²) < 4.78 is 39.2. The van der Waals surface area contributed by atoms with Gasteiger partial charge in [0, 0.05) is 0 Å². The van der Waals surface area contributed by atoms with Gasteiger partial charge in [-0.15, -0.1) is 13.2 Å². The van der Waals surface area contributed by atoms with Crippen molar-refractivity contribution >= 4 is 5.97 Å². The number of aliphatic hydroxyl groups is 1. The van der Waals surface area contributed by atoms with E-state index in [2.05, 4.69) is 4.74 Å². The Kier molecular flexibility index (Phi) is 4.15. The SMILES string of the molecule is N[C@@H](C(=O)O)[C@@H](O)c1ccc(OC(F)(F)F)cc1. The van der Waals surface area contributed by atoms with Crippen LogP contribution in [0.4, 0.5) is 13.2 Å². The molecule has 0 saturated heterocycles. The largest absolute Gasteiger partial charge is 0.573 e. The minimum atomic E-state index is -4.81. The highest BCUT2D eigenvalue weighted by Crippen LogP contribution is 2.25. The maximum atomic E-state index is 11.9. The van der Waals surface area contributed by atoms with Crippen molar-refractivity contribution in [3.63, 3.8) is 0 Å². The van der Waals surface area contributed by atoms with Gasteiger partial charge in [-0.1, -0.05) is 12.1 Å². The smallest absolute Gasteiger partial charge is 0.480 e. The first-order chi connectivity index (χ1) is 8.20. The molecule has 0 aliphatic heterocycles. The predicted molar refractivity (Wildman–Crippen MR) is 53.7 cm³/mol. The number of carbonyl (C=O) groups is 1. The fourth-order valence-electron chi connectivity index (χ4n) is 1.21. The van der Waals surface area contributed by atoms with Crippen LogP contribution in [0.3, 0.4) is 0 Å². The zero-order chi connectivity index (χ0) is 13.9. The summed E-state index contributed by atoms with van der Waals surface area (Å²) in [4.78, 5) is 10.5. The van der Waals surface area contributed by atoms with Crippen molar-refractivity contribution in [2.24, 2.45) is 5.73 Å². The Morgan fingerprint density at radius 2 is 1.78 bits per heavy atom. The number of benzene rings is 1. The highest BCUT2D eigenvalue weighted by Gasteiger charge is 2.31. The standard InChI is InChI=1S/C10H10F3NO4/c11-10(12,13)18-6-3-1-5(2-4-6)8(15)7(14)9(16)17/h1-4,7-8,15H,14H2,(H,16,17)/t7-,8+/m1/s1. The van der Waals surface area contributed by atoms with Gasteiger partial charge >= 0.3 is 12.3 Å². The fraction of sp³-hybridized carbons (Fsp3) is 0.300. The van der Waals surface area contributed by atoms with Crippen LogP contribution in [-0.4, -0.2) is 28.6 Å². The molecule has 1 aromatic rings. The third kappa shape index (κ3) is 3.90. The molecule has 0 bridgehead atoms. The van der Waals surface area contributed by atoms with E-state index in [-0.39, 0.29) is 5.56 Å². The summed E-state index contributed by atoms with van der Waals surface area (Å²) in [7, 11) is 0. The van der Waals surface area contributed by atoms with Crippen LogP contribution in [0.25, 0.3) is 0 Å². The molecule has 0 radical (unpaired) electrons. The number of rotatable bonds is 4. The third-order valence-corrected chi connectivity index (χ3v) is 2.08. The molecule has 0 spiro atoms. The summed E-state index contributed by atoms with van der Waals surface area (Å²) in [6.07, 6.45) is -6.32. The molecular weight excluding hydrogens is 255 g/mol. The normalized spacial score (nSPS) is 14.9. The third-order valence-electron chi connectivity index (χ3n) is 2.08. The number of aliphatic hydroxyl groups excluding tert-OH is 1. The summed E-state index contributed by atoms with van der Waals surface area (Å²) in [5.74, 6) is -1.89. The van der Waals surface area contributed by atoms with Gasteiger partial charge in [0.25, 0.3) is 0 Å². The van der Waals surface area contributed by atoms with Gasteiger partial charge in [0.05, 0.1) is 0 Å². The van der Waals surface area contributed by atoms with E-state index in [1.165, 1.54) is 0 Å². The number of aliphatic carboxylic acids is 1. The van der Waals surface area contributed by atoms with E-state index in [4.69, 9.17) is 10.8 Å². The second-order valence-corrected chi connectivity index (χ2v) is 3.43. The molecule has 0 aliphatic carbocycles. The van der Waals surface area contributed by atoms with E-state index in [1.54, 1.807) is 0 Å². The summed E-state index contributed by atoms with van der Waals surface area (Å²) in [6.45, 7) is 0. The van der Waals surface area contributed by atoms with Crippen LogP contribution < -0.4 is 10.5 Å². The molecule has 0 heterocycles. The lowest BCUT2D eigenvalue weighted by molar-refractivity contribution is -0.274. The highest BCUT2D eigenvalue weighted by molar-refractivity contribution is 5.74. The number of nitrogens with two attached hydrogens (primary N) is 1. The van der Waals surface area contributed by atoms with Crippen molar-refractivity contribution in [2.45, 2.75) is 18.5 Å². The van der Waals surface area contributed by atoms with E-state index >= 15 is 0 Å². The molecule has 8 heteroatoms. The summed E-state index contributed by atoms with van der Waals surface area (Å²) in [6, 6.07) is 2.57. The van der Waals surface area contributed by atoms with Gasteiger partial charge in [0.2, 0.25) is 0 Å². The van der Waals surface area contributed by atoms with Crippen molar-refractivity contribution in [3.05, 3.63) is 29.8 Å². The maximum Gasteiger partial charge on any atom is 0.573 e. The van der Waals surface area contributed by atoms with E-state index in [1.807, 2.05) is 0 Å². The zero-order valence-electron chi connectivity index (χ0n) is 8.89. The molecule has 0 unspecified atom stereocenters. The first-order valence-electron chi connectivity index (χ1n) is 4.73. The van der Waals surface area contributed by atoms with Crippen molar-refractivity contribution in [2.75, 3.05) is 0 Å². The van der Waals surface area contributed by atoms with Crippen LogP contribution in [0.15, 0.2) is 24.3 Å². The average molecular weight is 265 g/mol. The summed E-state index contributed by atoms with van der Waals surface area (Å²) in [5.41, 5.74) is 5.25. The molecule has 0 aromatic heterocycles. The van der Waals surface area contributed by atoms with Gasteiger partial charge in [-0.2, -0.15) is 0 Å². The van der Waals surface area contributed by atoms with E-state index < -0.39 is 30.2 Å². The minimum Gasteiger partial charge on any atom is -0.480 e. The van der Waals surface area contributed by atoms with Crippen LogP contribution in [0, 0.1) is 0 Å². The number of hydrogen-bond donors (Lipinski definition) is 3. The maximum absolute atomic E-state index is 11.9. The Balaban J connectivity index is 2.80. The molecule has 4 N–H and O–H groups in total. The Morgan fingerprint density at radius 3 is 2.17 bits per heavy atom. The lowest BCUT2D eigenvalue weighted by atomic mass is 10.0. The highest BCUT2D eigenvalue weighted by atomic mass is 19.4. The summed E-state index contributed by atoms with van der Waals surface area (Å²) in [5, 5.41) is 18.1. The number of alkyl halides is 3. The van der Waals surface area contributed by atoms with Crippen LogP contribution in [0.2, 0.25) is 0 Å². The van der Waals surface area contributed by atoms with Gasteiger partial charge in [-0.25, -0.2) is 0 Å². The van der Waals surface area contributed by atoms with E-state index in [0.717, 1.165) is 24.3 Å². The number of halogens is 3. The zero-order valence-corrected chi connectivity index (χ0v) is 8.89. The van der Waals surface area contributed by atoms with Crippen molar-refractivity contribution in [1.82, 2.24) is 0 Å². The quantitative estimate of drug-likeness (QED) is 0.756. The van der Waals surface area contributed by atoms with Crippen LogP contribution in [0.5, 0.6) is 5.75 Å². The summed E-state index contributed by atoms with van der Waals surface area (Å²) >= 11 is 0. The molecule has 0 amide bonds. The Hall–Kier alpha value is -1.80. The second-order valence-electron chi connectivity index (χ2n) is 3.43. The Bertz CT molecular complexity index is 418. The molecule has 0 saturated carbocycles.